The first kappa shape index (κ1) is 13.4. The second-order valence-electron chi connectivity index (χ2n) is 4.88. The molecule has 0 radical (unpaired) electrons. The van der Waals surface area contributed by atoms with Gasteiger partial charge in [-0.2, -0.15) is 0 Å². The number of hydrogen-bond donors (Lipinski definition) is 1. The number of hydrogen-bond acceptors (Lipinski definition) is 4. The summed E-state index contributed by atoms with van der Waals surface area (Å²) in [5, 5.41) is 6.23. The normalized spacial score (nSPS) is 15.0. The summed E-state index contributed by atoms with van der Waals surface area (Å²) in [6, 6.07) is 8.73. The fraction of sp³-hybridized carbons (Fsp3) is 0.267. The van der Waals surface area contributed by atoms with Crippen molar-refractivity contribution < 1.29 is 14.1 Å². The van der Waals surface area contributed by atoms with Crippen LogP contribution < -0.4 is 10.2 Å². The maximum Gasteiger partial charge on any atom is 0.294 e. The Morgan fingerprint density at radius 2 is 2.19 bits per heavy atom. The van der Waals surface area contributed by atoms with Gasteiger partial charge in [0.15, 0.2) is 0 Å². The average molecular weight is 285 g/mol. The third kappa shape index (κ3) is 2.94. The first-order valence-corrected chi connectivity index (χ1v) is 6.86. The van der Waals surface area contributed by atoms with Crippen LogP contribution in [0.1, 0.15) is 29.8 Å². The molecule has 21 heavy (non-hydrogen) atoms. The van der Waals surface area contributed by atoms with E-state index in [4.69, 9.17) is 4.52 Å². The number of benzene rings is 1. The SMILES string of the molecule is O=C(Nc1cccc(N2CCCCC2=O)c1)c1ccno1. The highest BCUT2D eigenvalue weighted by molar-refractivity contribution is 6.02. The fourth-order valence-corrected chi connectivity index (χ4v) is 2.36. The number of anilines is 2. The highest BCUT2D eigenvalue weighted by atomic mass is 16.5. The van der Waals surface area contributed by atoms with Gasteiger partial charge in [0.25, 0.3) is 5.91 Å². The van der Waals surface area contributed by atoms with E-state index < -0.39 is 0 Å². The molecule has 2 heterocycles. The first-order valence-electron chi connectivity index (χ1n) is 6.86. The number of rotatable bonds is 3. The molecule has 6 heteroatoms. The lowest BCUT2D eigenvalue weighted by Crippen LogP contribution is -2.35. The molecule has 1 saturated heterocycles. The van der Waals surface area contributed by atoms with Crippen molar-refractivity contribution in [1.82, 2.24) is 5.16 Å². The van der Waals surface area contributed by atoms with Gasteiger partial charge in [0.05, 0.1) is 6.20 Å². The molecular weight excluding hydrogens is 270 g/mol. The van der Waals surface area contributed by atoms with Crippen molar-refractivity contribution in [2.75, 3.05) is 16.8 Å². The van der Waals surface area contributed by atoms with E-state index in [1.807, 2.05) is 12.1 Å². The van der Waals surface area contributed by atoms with Gasteiger partial charge in [0, 0.05) is 30.4 Å². The van der Waals surface area contributed by atoms with E-state index in [0.717, 1.165) is 25.1 Å². The quantitative estimate of drug-likeness (QED) is 0.939. The minimum Gasteiger partial charge on any atom is -0.351 e. The van der Waals surface area contributed by atoms with Crippen LogP contribution in [0.3, 0.4) is 0 Å². The number of piperidine rings is 1. The average Bonchev–Trinajstić information content (AvgIpc) is 3.02. The maximum absolute atomic E-state index is 11.9. The largest absolute Gasteiger partial charge is 0.351 e. The molecule has 0 unspecified atom stereocenters. The van der Waals surface area contributed by atoms with Crippen LogP contribution in [0.2, 0.25) is 0 Å². The van der Waals surface area contributed by atoms with Crippen LogP contribution >= 0.6 is 0 Å². The monoisotopic (exact) mass is 285 g/mol. The molecule has 1 N–H and O–H groups in total. The molecule has 0 saturated carbocycles. The number of carbonyl (C=O) groups excluding carboxylic acids is 2. The molecule has 6 nitrogen and oxygen atoms in total. The number of aromatic nitrogens is 1. The molecule has 0 bridgehead atoms. The van der Waals surface area contributed by atoms with Crippen molar-refractivity contribution in [2.24, 2.45) is 0 Å². The molecular formula is C15H15N3O3. The number of nitrogens with one attached hydrogen (secondary N) is 1. The van der Waals surface area contributed by atoms with Crippen molar-refractivity contribution in [3.05, 3.63) is 42.3 Å². The van der Waals surface area contributed by atoms with Gasteiger partial charge in [0.2, 0.25) is 11.7 Å². The molecule has 2 aromatic rings. The summed E-state index contributed by atoms with van der Waals surface area (Å²) in [7, 11) is 0. The summed E-state index contributed by atoms with van der Waals surface area (Å²) in [6.07, 6.45) is 3.93. The Morgan fingerprint density at radius 1 is 1.29 bits per heavy atom. The van der Waals surface area contributed by atoms with Crippen molar-refractivity contribution in [3.63, 3.8) is 0 Å². The predicted molar refractivity (Wildman–Crippen MR) is 77.1 cm³/mol. The number of carbonyl (C=O) groups is 2. The molecule has 0 aliphatic carbocycles. The standard InChI is InChI=1S/C15H15N3O3/c19-14-6-1-2-9-18(14)12-5-3-4-11(10-12)17-15(20)13-7-8-16-21-13/h3-5,7-8,10H,1-2,6,9H2,(H,17,20). The Hall–Kier alpha value is -2.63. The van der Waals surface area contributed by atoms with Gasteiger partial charge in [-0.1, -0.05) is 11.2 Å². The zero-order valence-corrected chi connectivity index (χ0v) is 11.4. The zero-order chi connectivity index (χ0) is 14.7. The van der Waals surface area contributed by atoms with Gasteiger partial charge in [-0.3, -0.25) is 9.59 Å². The minimum atomic E-state index is -0.366. The van der Waals surface area contributed by atoms with Gasteiger partial charge in [-0.15, -0.1) is 0 Å². The minimum absolute atomic E-state index is 0.125. The van der Waals surface area contributed by atoms with E-state index in [1.165, 1.54) is 12.3 Å². The van der Waals surface area contributed by atoms with Crippen LogP contribution in [0.15, 0.2) is 41.1 Å². The number of nitrogens with zero attached hydrogens (tertiary/aromatic N) is 2. The van der Waals surface area contributed by atoms with E-state index in [2.05, 4.69) is 10.5 Å². The molecule has 3 rings (SSSR count). The second kappa shape index (κ2) is 5.78. The van der Waals surface area contributed by atoms with E-state index in [1.54, 1.807) is 17.0 Å². The molecule has 1 aromatic carbocycles. The molecule has 1 aliphatic rings. The van der Waals surface area contributed by atoms with Crippen LogP contribution in [-0.4, -0.2) is 23.5 Å². The third-order valence-electron chi connectivity index (χ3n) is 3.40. The molecule has 1 fully saturated rings. The molecule has 2 amide bonds. The summed E-state index contributed by atoms with van der Waals surface area (Å²) in [6.45, 7) is 0.721. The van der Waals surface area contributed by atoms with Crippen molar-refractivity contribution in [1.29, 1.82) is 0 Å². The summed E-state index contributed by atoms with van der Waals surface area (Å²) in [5.41, 5.74) is 1.42. The zero-order valence-electron chi connectivity index (χ0n) is 11.4. The molecule has 1 aromatic heterocycles. The van der Waals surface area contributed by atoms with Crippen LogP contribution in [-0.2, 0) is 4.79 Å². The van der Waals surface area contributed by atoms with E-state index in [0.29, 0.717) is 12.1 Å². The first-order chi connectivity index (χ1) is 10.2. The molecule has 0 atom stereocenters. The predicted octanol–water partition coefficient (Wildman–Crippen LogP) is 2.44. The van der Waals surface area contributed by atoms with Gasteiger partial charge in [-0.25, -0.2) is 0 Å². The summed E-state index contributed by atoms with van der Waals surface area (Å²) < 4.78 is 4.80. The Morgan fingerprint density at radius 3 is 2.95 bits per heavy atom. The van der Waals surface area contributed by atoms with Gasteiger partial charge >= 0.3 is 0 Å². The summed E-state index contributed by atoms with van der Waals surface area (Å²) in [5.74, 6) is -0.0935. The lowest BCUT2D eigenvalue weighted by molar-refractivity contribution is -0.119. The van der Waals surface area contributed by atoms with E-state index in [-0.39, 0.29) is 17.6 Å². The topological polar surface area (TPSA) is 75.4 Å². The maximum atomic E-state index is 11.9. The smallest absolute Gasteiger partial charge is 0.294 e. The second-order valence-corrected chi connectivity index (χ2v) is 4.88. The lowest BCUT2D eigenvalue weighted by atomic mass is 10.1. The van der Waals surface area contributed by atoms with Crippen molar-refractivity contribution in [2.45, 2.75) is 19.3 Å². The third-order valence-corrected chi connectivity index (χ3v) is 3.40. The van der Waals surface area contributed by atoms with Crippen molar-refractivity contribution in [3.8, 4) is 0 Å². The summed E-state index contributed by atoms with van der Waals surface area (Å²) >= 11 is 0. The van der Waals surface area contributed by atoms with E-state index in [9.17, 15) is 9.59 Å². The van der Waals surface area contributed by atoms with Crippen molar-refractivity contribution >= 4 is 23.2 Å². The Kier molecular flexibility index (Phi) is 3.68. The van der Waals surface area contributed by atoms with Gasteiger partial charge in [0.1, 0.15) is 0 Å². The fourth-order valence-electron chi connectivity index (χ4n) is 2.36. The van der Waals surface area contributed by atoms with Gasteiger partial charge < -0.3 is 14.7 Å². The molecule has 1 aliphatic heterocycles. The van der Waals surface area contributed by atoms with E-state index >= 15 is 0 Å². The lowest BCUT2D eigenvalue weighted by Gasteiger charge is -2.27. The Labute approximate surface area is 121 Å². The van der Waals surface area contributed by atoms with Crippen LogP contribution in [0, 0.1) is 0 Å². The van der Waals surface area contributed by atoms with Crippen LogP contribution in [0.5, 0.6) is 0 Å². The van der Waals surface area contributed by atoms with Crippen LogP contribution in [0.4, 0.5) is 11.4 Å². The number of amides is 2. The van der Waals surface area contributed by atoms with Crippen LogP contribution in [0.25, 0.3) is 0 Å². The Bertz CT molecular complexity index is 652. The highest BCUT2D eigenvalue weighted by Gasteiger charge is 2.20. The highest BCUT2D eigenvalue weighted by Crippen LogP contribution is 2.24. The molecule has 0 spiro atoms. The Balaban J connectivity index is 1.77. The summed E-state index contributed by atoms with van der Waals surface area (Å²) in [4.78, 5) is 25.6. The molecule has 108 valence electrons. The van der Waals surface area contributed by atoms with Gasteiger partial charge in [-0.05, 0) is 31.0 Å².